The second kappa shape index (κ2) is 6.93. The lowest BCUT2D eigenvalue weighted by atomic mass is 9.88. The molecule has 124 valence electrons. The van der Waals surface area contributed by atoms with Crippen LogP contribution in [0.4, 0.5) is 5.82 Å². The first kappa shape index (κ1) is 15.7. The first-order valence-corrected chi connectivity index (χ1v) is 8.24. The van der Waals surface area contributed by atoms with Gasteiger partial charge in [0.2, 0.25) is 5.91 Å². The molecule has 0 spiro atoms. The Balaban J connectivity index is 1.55. The van der Waals surface area contributed by atoms with Crippen molar-refractivity contribution in [1.82, 2.24) is 14.9 Å². The molecule has 1 aliphatic heterocycles. The minimum Gasteiger partial charge on any atom is -0.476 e. The lowest BCUT2D eigenvalue weighted by Gasteiger charge is -2.37. The molecule has 7 nitrogen and oxygen atoms in total. The van der Waals surface area contributed by atoms with E-state index < -0.39 is 5.97 Å². The van der Waals surface area contributed by atoms with Crippen molar-refractivity contribution >= 4 is 17.7 Å². The highest BCUT2D eigenvalue weighted by Crippen LogP contribution is 2.26. The van der Waals surface area contributed by atoms with Crippen LogP contribution in [-0.4, -0.2) is 58.0 Å². The zero-order chi connectivity index (χ0) is 16.2. The van der Waals surface area contributed by atoms with Crippen molar-refractivity contribution in [2.45, 2.75) is 32.1 Å². The highest BCUT2D eigenvalue weighted by Gasteiger charge is 2.28. The number of carbonyl (C=O) groups is 2. The van der Waals surface area contributed by atoms with Crippen molar-refractivity contribution in [2.75, 3.05) is 31.1 Å². The summed E-state index contributed by atoms with van der Waals surface area (Å²) >= 11 is 0. The number of carbonyl (C=O) groups excluding carboxylic acids is 1. The van der Waals surface area contributed by atoms with E-state index in [4.69, 9.17) is 5.11 Å². The maximum atomic E-state index is 12.5. The molecular formula is C16H22N4O3. The fraction of sp³-hybridized carbons (Fsp3) is 0.625. The summed E-state index contributed by atoms with van der Waals surface area (Å²) in [5.41, 5.74) is -0.0557. The number of carboxylic acid groups (broad SMARTS) is 1. The number of hydrogen-bond donors (Lipinski definition) is 1. The number of piperazine rings is 1. The molecule has 0 bridgehead atoms. The molecule has 1 aliphatic carbocycles. The second-order valence-corrected chi connectivity index (χ2v) is 6.21. The van der Waals surface area contributed by atoms with Gasteiger partial charge in [-0.1, -0.05) is 19.3 Å². The normalized spacial score (nSPS) is 19.7. The van der Waals surface area contributed by atoms with Gasteiger partial charge in [0.05, 0.1) is 12.4 Å². The molecule has 1 saturated heterocycles. The number of aromatic nitrogens is 2. The smallest absolute Gasteiger partial charge is 0.356 e. The van der Waals surface area contributed by atoms with Gasteiger partial charge >= 0.3 is 5.97 Å². The van der Waals surface area contributed by atoms with E-state index in [0.717, 1.165) is 12.8 Å². The average Bonchev–Trinajstić information content (AvgIpc) is 2.62. The summed E-state index contributed by atoms with van der Waals surface area (Å²) in [6, 6.07) is 0. The van der Waals surface area contributed by atoms with Crippen LogP contribution >= 0.6 is 0 Å². The largest absolute Gasteiger partial charge is 0.476 e. The molecule has 0 atom stereocenters. The number of nitrogens with zero attached hydrogens (tertiary/aromatic N) is 4. The Morgan fingerprint density at radius 3 is 2.26 bits per heavy atom. The van der Waals surface area contributed by atoms with Crippen LogP contribution in [0.1, 0.15) is 42.6 Å². The Morgan fingerprint density at radius 2 is 1.70 bits per heavy atom. The van der Waals surface area contributed by atoms with Crippen molar-refractivity contribution in [3.63, 3.8) is 0 Å². The van der Waals surface area contributed by atoms with Crippen LogP contribution in [0, 0.1) is 5.92 Å². The highest BCUT2D eigenvalue weighted by molar-refractivity contribution is 5.85. The summed E-state index contributed by atoms with van der Waals surface area (Å²) in [6.45, 7) is 2.80. The second-order valence-electron chi connectivity index (χ2n) is 6.21. The zero-order valence-electron chi connectivity index (χ0n) is 13.1. The van der Waals surface area contributed by atoms with Gasteiger partial charge in [0, 0.05) is 32.1 Å². The standard InChI is InChI=1S/C16H22N4O3/c21-15(12-4-2-1-3-5-12)20-8-6-19(7-9-20)14-11-17-13(10-18-14)16(22)23/h10-12H,1-9H2,(H,22,23). The third-order valence-corrected chi connectivity index (χ3v) is 4.73. The Morgan fingerprint density at radius 1 is 1.00 bits per heavy atom. The van der Waals surface area contributed by atoms with Crippen molar-refractivity contribution in [1.29, 1.82) is 0 Å². The first-order valence-electron chi connectivity index (χ1n) is 8.24. The third-order valence-electron chi connectivity index (χ3n) is 4.73. The molecule has 0 radical (unpaired) electrons. The summed E-state index contributed by atoms with van der Waals surface area (Å²) in [7, 11) is 0. The molecule has 7 heteroatoms. The Kier molecular flexibility index (Phi) is 4.73. The molecule has 0 aromatic carbocycles. The number of aromatic carboxylic acids is 1. The van der Waals surface area contributed by atoms with E-state index in [2.05, 4.69) is 9.97 Å². The fourth-order valence-corrected chi connectivity index (χ4v) is 3.36. The molecule has 0 unspecified atom stereocenters. The molecule has 2 heterocycles. The predicted octanol–water partition coefficient (Wildman–Crippen LogP) is 1.40. The van der Waals surface area contributed by atoms with Crippen molar-refractivity contribution in [3.05, 3.63) is 18.1 Å². The van der Waals surface area contributed by atoms with E-state index in [9.17, 15) is 9.59 Å². The van der Waals surface area contributed by atoms with Crippen LogP contribution in [-0.2, 0) is 4.79 Å². The van der Waals surface area contributed by atoms with Gasteiger partial charge in [-0.2, -0.15) is 0 Å². The number of hydrogen-bond acceptors (Lipinski definition) is 5. The monoisotopic (exact) mass is 318 g/mol. The van der Waals surface area contributed by atoms with Gasteiger partial charge in [-0.3, -0.25) is 4.79 Å². The van der Waals surface area contributed by atoms with E-state index in [1.165, 1.54) is 31.7 Å². The van der Waals surface area contributed by atoms with Gasteiger partial charge in [-0.25, -0.2) is 14.8 Å². The lowest BCUT2D eigenvalue weighted by molar-refractivity contribution is -0.136. The summed E-state index contributed by atoms with van der Waals surface area (Å²) in [4.78, 5) is 35.4. The summed E-state index contributed by atoms with van der Waals surface area (Å²) < 4.78 is 0. The zero-order valence-corrected chi connectivity index (χ0v) is 13.1. The van der Waals surface area contributed by atoms with Gasteiger partial charge < -0.3 is 14.9 Å². The van der Waals surface area contributed by atoms with Gasteiger partial charge in [-0.05, 0) is 12.8 Å². The van der Waals surface area contributed by atoms with E-state index in [0.29, 0.717) is 37.9 Å². The number of anilines is 1. The van der Waals surface area contributed by atoms with Gasteiger partial charge in [0.25, 0.3) is 0 Å². The van der Waals surface area contributed by atoms with Gasteiger partial charge in [0.1, 0.15) is 5.82 Å². The third kappa shape index (κ3) is 3.60. The van der Waals surface area contributed by atoms with Crippen molar-refractivity contribution in [2.24, 2.45) is 5.92 Å². The Bertz CT molecular complexity index is 561. The van der Waals surface area contributed by atoms with Crippen molar-refractivity contribution < 1.29 is 14.7 Å². The van der Waals surface area contributed by atoms with Crippen LogP contribution in [0.3, 0.4) is 0 Å². The molecule has 1 aromatic rings. The minimum atomic E-state index is -1.08. The molecular weight excluding hydrogens is 296 g/mol. The lowest BCUT2D eigenvalue weighted by Crippen LogP contribution is -2.50. The first-order chi connectivity index (χ1) is 11.1. The molecule has 1 aromatic heterocycles. The predicted molar refractivity (Wildman–Crippen MR) is 84.4 cm³/mol. The van der Waals surface area contributed by atoms with Crippen LogP contribution < -0.4 is 4.90 Å². The molecule has 3 rings (SSSR count). The van der Waals surface area contributed by atoms with Gasteiger partial charge in [-0.15, -0.1) is 0 Å². The van der Waals surface area contributed by atoms with Crippen LogP contribution in [0.25, 0.3) is 0 Å². The molecule has 1 saturated carbocycles. The van der Waals surface area contributed by atoms with E-state index >= 15 is 0 Å². The summed E-state index contributed by atoms with van der Waals surface area (Å²) in [5.74, 6) is 0.105. The molecule has 23 heavy (non-hydrogen) atoms. The maximum absolute atomic E-state index is 12.5. The Hall–Kier alpha value is -2.18. The molecule has 2 aliphatic rings. The van der Waals surface area contributed by atoms with E-state index in [1.807, 2.05) is 9.80 Å². The Labute approximate surface area is 135 Å². The number of carboxylic acids is 1. The van der Waals surface area contributed by atoms with Crippen LogP contribution in [0.2, 0.25) is 0 Å². The minimum absolute atomic E-state index is 0.0557. The average molecular weight is 318 g/mol. The molecule has 1 amide bonds. The summed E-state index contributed by atoms with van der Waals surface area (Å²) in [6.07, 6.45) is 8.41. The summed E-state index contributed by atoms with van der Waals surface area (Å²) in [5, 5.41) is 8.85. The maximum Gasteiger partial charge on any atom is 0.356 e. The van der Waals surface area contributed by atoms with E-state index in [1.54, 1.807) is 0 Å². The van der Waals surface area contributed by atoms with Gasteiger partial charge in [0.15, 0.2) is 5.69 Å². The van der Waals surface area contributed by atoms with Crippen molar-refractivity contribution in [3.8, 4) is 0 Å². The molecule has 2 fully saturated rings. The fourth-order valence-electron chi connectivity index (χ4n) is 3.36. The topological polar surface area (TPSA) is 86.6 Å². The number of amides is 1. The highest BCUT2D eigenvalue weighted by atomic mass is 16.4. The quantitative estimate of drug-likeness (QED) is 0.906. The van der Waals surface area contributed by atoms with E-state index in [-0.39, 0.29) is 11.6 Å². The SMILES string of the molecule is O=C(O)c1cnc(N2CCN(C(=O)C3CCCCC3)CC2)cn1. The van der Waals surface area contributed by atoms with Crippen LogP contribution in [0.5, 0.6) is 0 Å². The molecule has 1 N–H and O–H groups in total. The number of rotatable bonds is 3. The van der Waals surface area contributed by atoms with Crippen LogP contribution in [0.15, 0.2) is 12.4 Å².